The van der Waals surface area contributed by atoms with E-state index < -0.39 is 23.1 Å². The van der Waals surface area contributed by atoms with Gasteiger partial charge in [-0.15, -0.1) is 27.8 Å². The molecule has 7 nitrogen and oxygen atoms in total. The lowest BCUT2D eigenvalue weighted by molar-refractivity contribution is 0.0691. The van der Waals surface area contributed by atoms with Crippen LogP contribution in [0.25, 0.3) is 16.4 Å². The summed E-state index contributed by atoms with van der Waals surface area (Å²) in [5.74, 6) is -0.115. The van der Waals surface area contributed by atoms with E-state index in [1.165, 1.54) is 44.2 Å². The number of carboxylic acids is 1. The lowest BCUT2D eigenvalue weighted by atomic mass is 9.70. The molecule has 7 rings (SSSR count). The lowest BCUT2D eigenvalue weighted by Crippen LogP contribution is -2.19. The summed E-state index contributed by atoms with van der Waals surface area (Å²) in [7, 11) is 0. The number of aromatic carboxylic acids is 1. The molecule has 0 aliphatic heterocycles. The smallest absolute Gasteiger partial charge is 0.355 e. The first-order valence-electron chi connectivity index (χ1n) is 14.6. The van der Waals surface area contributed by atoms with Crippen LogP contribution in [0.5, 0.6) is 0 Å². The van der Waals surface area contributed by atoms with Crippen molar-refractivity contribution in [1.29, 1.82) is 0 Å². The summed E-state index contributed by atoms with van der Waals surface area (Å²) in [4.78, 5) is 18.8. The number of nitrogens with zero attached hydrogens (tertiary/aromatic N) is 3. The lowest BCUT2D eigenvalue weighted by Gasteiger charge is -2.35. The summed E-state index contributed by atoms with van der Waals surface area (Å²) < 4.78 is 28.5. The molecule has 44 heavy (non-hydrogen) atoms. The van der Waals surface area contributed by atoms with Crippen molar-refractivity contribution in [2.45, 2.75) is 62.2 Å². The van der Waals surface area contributed by atoms with Crippen LogP contribution in [0.1, 0.15) is 80.1 Å². The molecule has 2 aromatic carbocycles. The molecule has 2 aliphatic rings. The van der Waals surface area contributed by atoms with E-state index >= 15 is 0 Å². The van der Waals surface area contributed by atoms with Gasteiger partial charge in [0, 0.05) is 32.7 Å². The van der Waals surface area contributed by atoms with Crippen LogP contribution in [0, 0.1) is 18.7 Å². The molecule has 3 N–H and O–H groups in total. The predicted molar refractivity (Wildman–Crippen MR) is 172 cm³/mol. The molecule has 5 aromatic rings. The molecular weight excluding hydrogens is 616 g/mol. The molecule has 0 radical (unpaired) electrons. The maximum Gasteiger partial charge on any atom is 0.355 e. The first-order valence-corrected chi connectivity index (χ1v) is 17.6. The van der Waals surface area contributed by atoms with Crippen molar-refractivity contribution in [1.82, 2.24) is 14.8 Å². The zero-order chi connectivity index (χ0) is 30.5. The van der Waals surface area contributed by atoms with Crippen molar-refractivity contribution >= 4 is 40.0 Å². The fourth-order valence-corrected chi connectivity index (χ4v) is 8.31. The summed E-state index contributed by atoms with van der Waals surface area (Å²) in [6.45, 7) is 2.15. The second-order valence-corrected chi connectivity index (χ2v) is 15.0. The van der Waals surface area contributed by atoms with E-state index in [2.05, 4.69) is 48.3 Å². The van der Waals surface area contributed by atoms with Crippen LogP contribution in [0.15, 0.2) is 64.9 Å². The molecule has 0 saturated heterocycles. The highest BCUT2D eigenvalue weighted by Gasteiger charge is 2.33. The Morgan fingerprint density at radius 2 is 1.98 bits per heavy atom. The largest absolute Gasteiger partial charge is 0.593 e. The highest BCUT2D eigenvalue weighted by Crippen LogP contribution is 2.49. The number of aromatic nitrogens is 3. The summed E-state index contributed by atoms with van der Waals surface area (Å²) in [5, 5.41) is 22.1. The molecular formula is C33H31FN4O3S3. The van der Waals surface area contributed by atoms with Crippen molar-refractivity contribution in [3.8, 4) is 16.4 Å². The highest BCUT2D eigenvalue weighted by atomic mass is 32.2. The van der Waals surface area contributed by atoms with Crippen molar-refractivity contribution < 1.29 is 18.8 Å². The zero-order valence-electron chi connectivity index (χ0n) is 24.0. The number of rotatable bonds is 10. The first-order chi connectivity index (χ1) is 21.2. The number of carboxylic acid groups (broad SMARTS) is 1. The van der Waals surface area contributed by atoms with E-state index in [4.69, 9.17) is 10.2 Å². The third-order valence-electron chi connectivity index (χ3n) is 8.69. The third kappa shape index (κ3) is 5.87. The second kappa shape index (κ2) is 11.9. The minimum Gasteiger partial charge on any atom is -0.593 e. The Morgan fingerprint density at radius 3 is 2.64 bits per heavy atom. The Morgan fingerprint density at radius 1 is 1.16 bits per heavy atom. The van der Waals surface area contributed by atoms with E-state index in [0.717, 1.165) is 54.6 Å². The monoisotopic (exact) mass is 646 g/mol. The highest BCUT2D eigenvalue weighted by molar-refractivity contribution is 7.89. The maximum absolute atomic E-state index is 14.9. The van der Waals surface area contributed by atoms with Crippen molar-refractivity contribution in [2.75, 3.05) is 0 Å². The van der Waals surface area contributed by atoms with Crippen molar-refractivity contribution in [3.05, 3.63) is 104 Å². The minimum absolute atomic E-state index is 0.0177. The van der Waals surface area contributed by atoms with Gasteiger partial charge in [-0.25, -0.2) is 18.9 Å². The fraction of sp³-hybridized carbons (Fsp3) is 0.303. The average Bonchev–Trinajstić information content (AvgIpc) is 3.31. The number of thiazole rings is 1. The Bertz CT molecular complexity index is 1850. The third-order valence-corrected chi connectivity index (χ3v) is 11.4. The van der Waals surface area contributed by atoms with Gasteiger partial charge >= 0.3 is 5.97 Å². The fourth-order valence-electron chi connectivity index (χ4n) is 6.08. The standard InChI is InChI=1S/C33H31FN4O3S3/c1-18-5-9-29(43-18)24-15-23(16-24)21-3-2-4-22(14-21)31-25(11-20-8-10-30(44(35)41)26(34)12-20)28(13-19-6-7-19)38(37-31)33-36-27(17-42-33)32(39)40/h2-5,8-10,12,14,17,19,23-24H,6-7,11,13,15-16,35H2,1H3,(H,39,40)/t23-,24-,44?. The Labute approximate surface area is 265 Å². The zero-order valence-corrected chi connectivity index (χ0v) is 26.5. The van der Waals surface area contributed by atoms with E-state index in [0.29, 0.717) is 34.9 Å². The SMILES string of the molecule is Cc1ccc([C@H]2C[C@H](c3cccc(-c4nn(-c5nc(C(=O)O)cs5)c(CC5CC5)c4Cc4ccc([S+](N)[O-])c(F)c4)c3)C2)s1. The van der Waals surface area contributed by atoms with Gasteiger partial charge in [0.25, 0.3) is 0 Å². The molecule has 0 spiro atoms. The topological polar surface area (TPSA) is 117 Å². The molecule has 11 heteroatoms. The molecule has 2 saturated carbocycles. The van der Waals surface area contributed by atoms with E-state index in [1.54, 1.807) is 10.7 Å². The summed E-state index contributed by atoms with van der Waals surface area (Å²) >= 11 is 1.21. The van der Waals surface area contributed by atoms with Crippen LogP contribution in [0.3, 0.4) is 0 Å². The Hall–Kier alpha value is -3.35. The van der Waals surface area contributed by atoms with Gasteiger partial charge in [0.15, 0.2) is 11.5 Å². The van der Waals surface area contributed by atoms with Gasteiger partial charge in [0.1, 0.15) is 0 Å². The van der Waals surface area contributed by atoms with Crippen LogP contribution in [-0.4, -0.2) is 30.4 Å². The van der Waals surface area contributed by atoms with Gasteiger partial charge in [-0.2, -0.15) is 5.10 Å². The van der Waals surface area contributed by atoms with Crippen LogP contribution in [0.2, 0.25) is 0 Å². The Balaban J connectivity index is 1.29. The first kappa shape index (κ1) is 29.4. The van der Waals surface area contributed by atoms with Gasteiger partial charge in [-0.3, -0.25) is 0 Å². The van der Waals surface area contributed by atoms with Crippen LogP contribution < -0.4 is 5.14 Å². The number of thiophene rings is 1. The average molecular weight is 647 g/mol. The van der Waals surface area contributed by atoms with Gasteiger partial charge in [-0.1, -0.05) is 24.3 Å². The van der Waals surface area contributed by atoms with Gasteiger partial charge < -0.3 is 9.66 Å². The maximum atomic E-state index is 14.9. The van der Waals surface area contributed by atoms with E-state index in [1.807, 2.05) is 11.3 Å². The Kier molecular flexibility index (Phi) is 7.92. The van der Waals surface area contributed by atoms with Crippen LogP contribution in [-0.2, 0) is 24.2 Å². The molecule has 1 atom stereocenters. The minimum atomic E-state index is -1.92. The summed E-state index contributed by atoms with van der Waals surface area (Å²) in [6, 6.07) is 17.6. The van der Waals surface area contributed by atoms with Crippen molar-refractivity contribution in [2.24, 2.45) is 11.1 Å². The number of carbonyl (C=O) groups is 1. The van der Waals surface area contributed by atoms with E-state index in [9.17, 15) is 18.8 Å². The second-order valence-electron chi connectivity index (χ2n) is 11.8. The molecule has 226 valence electrons. The number of aryl methyl sites for hydroxylation is 1. The molecule has 2 aliphatic carbocycles. The summed E-state index contributed by atoms with van der Waals surface area (Å²) in [5.41, 5.74) is 5.65. The van der Waals surface area contributed by atoms with Gasteiger partial charge in [0.05, 0.1) is 22.7 Å². The van der Waals surface area contributed by atoms with Crippen LogP contribution in [0.4, 0.5) is 4.39 Å². The quantitative estimate of drug-likeness (QED) is 0.153. The summed E-state index contributed by atoms with van der Waals surface area (Å²) in [6.07, 6.45) is 5.63. The normalized spacial score (nSPS) is 18.7. The number of halogens is 1. The predicted octanol–water partition coefficient (Wildman–Crippen LogP) is 7.39. The number of hydrogen-bond acceptors (Lipinski definition) is 7. The van der Waals surface area contributed by atoms with E-state index in [-0.39, 0.29) is 10.6 Å². The van der Waals surface area contributed by atoms with Crippen LogP contribution >= 0.6 is 22.7 Å². The molecule has 0 amide bonds. The molecule has 3 aromatic heterocycles. The van der Waals surface area contributed by atoms with Crippen molar-refractivity contribution in [3.63, 3.8) is 0 Å². The molecule has 1 unspecified atom stereocenters. The number of hydrogen-bond donors (Lipinski definition) is 2. The molecule has 3 heterocycles. The molecule has 2 fully saturated rings. The number of nitrogens with two attached hydrogens (primary N) is 1. The van der Waals surface area contributed by atoms with Gasteiger partial charge in [-0.05, 0) is 98.2 Å². The number of benzene rings is 2. The van der Waals surface area contributed by atoms with Gasteiger partial charge in [0.2, 0.25) is 10.0 Å². The molecule has 0 bridgehead atoms.